The summed E-state index contributed by atoms with van der Waals surface area (Å²) >= 11 is 18.0. The SMILES string of the molecule is O=C(NNc1c(Cl)cc(Cl)cc1Cl)c1ccccc1-n1cnnn1. The summed E-state index contributed by atoms with van der Waals surface area (Å²) in [6, 6.07) is 9.88. The summed E-state index contributed by atoms with van der Waals surface area (Å²) in [4.78, 5) is 12.5. The van der Waals surface area contributed by atoms with Crippen LogP contribution in [-0.4, -0.2) is 26.1 Å². The summed E-state index contributed by atoms with van der Waals surface area (Å²) in [5, 5.41) is 11.9. The molecule has 0 radical (unpaired) electrons. The van der Waals surface area contributed by atoms with E-state index in [4.69, 9.17) is 34.8 Å². The normalized spacial score (nSPS) is 10.5. The summed E-state index contributed by atoms with van der Waals surface area (Å²) in [6.07, 6.45) is 1.40. The second-order valence-electron chi connectivity index (χ2n) is 4.60. The van der Waals surface area contributed by atoms with Crippen molar-refractivity contribution < 1.29 is 4.79 Å². The number of hydrogen-bond donors (Lipinski definition) is 2. The Morgan fingerprint density at radius 3 is 2.46 bits per heavy atom. The molecule has 0 bridgehead atoms. The summed E-state index contributed by atoms with van der Waals surface area (Å²) < 4.78 is 1.39. The highest BCUT2D eigenvalue weighted by atomic mass is 35.5. The zero-order valence-electron chi connectivity index (χ0n) is 11.9. The van der Waals surface area contributed by atoms with E-state index in [1.807, 2.05) is 0 Å². The number of rotatable bonds is 4. The van der Waals surface area contributed by atoms with Gasteiger partial charge in [-0.25, -0.2) is 0 Å². The molecule has 0 atom stereocenters. The number of carbonyl (C=O) groups excluding carboxylic acids is 1. The molecule has 122 valence electrons. The Hall–Kier alpha value is -2.35. The van der Waals surface area contributed by atoms with E-state index < -0.39 is 5.91 Å². The van der Waals surface area contributed by atoms with Crippen LogP contribution in [0.3, 0.4) is 0 Å². The van der Waals surface area contributed by atoms with E-state index in [1.54, 1.807) is 24.3 Å². The molecule has 24 heavy (non-hydrogen) atoms. The van der Waals surface area contributed by atoms with Crippen molar-refractivity contribution in [1.82, 2.24) is 25.6 Å². The van der Waals surface area contributed by atoms with Crippen LogP contribution in [-0.2, 0) is 0 Å². The molecule has 0 spiro atoms. The highest BCUT2D eigenvalue weighted by Gasteiger charge is 2.14. The maximum atomic E-state index is 12.5. The molecular weight excluding hydrogens is 375 g/mol. The second kappa shape index (κ2) is 7.04. The zero-order valence-corrected chi connectivity index (χ0v) is 14.1. The average Bonchev–Trinajstić information content (AvgIpc) is 3.08. The van der Waals surface area contributed by atoms with Crippen LogP contribution >= 0.6 is 34.8 Å². The minimum Gasteiger partial charge on any atom is -0.295 e. The number of hydrazine groups is 1. The Kier molecular flexibility index (Phi) is 4.84. The Balaban J connectivity index is 1.82. The number of hydrogen-bond acceptors (Lipinski definition) is 5. The third kappa shape index (κ3) is 3.43. The van der Waals surface area contributed by atoms with Crippen molar-refractivity contribution in [1.29, 1.82) is 0 Å². The van der Waals surface area contributed by atoms with Crippen LogP contribution in [0, 0.1) is 0 Å². The minimum absolute atomic E-state index is 0.279. The predicted octanol–water partition coefficient (Wildman–Crippen LogP) is 3.38. The molecule has 3 aromatic rings. The third-order valence-corrected chi connectivity index (χ3v) is 3.87. The molecule has 2 N–H and O–H groups in total. The minimum atomic E-state index is -0.414. The van der Waals surface area contributed by atoms with Crippen LogP contribution < -0.4 is 10.9 Å². The molecule has 0 aliphatic carbocycles. The van der Waals surface area contributed by atoms with Crippen molar-refractivity contribution in [3.63, 3.8) is 0 Å². The number of tetrazole rings is 1. The third-order valence-electron chi connectivity index (χ3n) is 3.05. The van der Waals surface area contributed by atoms with Gasteiger partial charge in [0.05, 0.1) is 27.0 Å². The molecule has 0 aliphatic heterocycles. The van der Waals surface area contributed by atoms with Gasteiger partial charge in [0.25, 0.3) is 5.91 Å². The number of amides is 1. The van der Waals surface area contributed by atoms with E-state index in [2.05, 4.69) is 26.4 Å². The van der Waals surface area contributed by atoms with E-state index >= 15 is 0 Å². The number of carbonyl (C=O) groups is 1. The number of benzene rings is 2. The van der Waals surface area contributed by atoms with E-state index in [9.17, 15) is 4.79 Å². The number of anilines is 1. The molecule has 2 aromatic carbocycles. The van der Waals surface area contributed by atoms with Crippen molar-refractivity contribution in [2.24, 2.45) is 0 Å². The molecule has 0 unspecified atom stereocenters. The lowest BCUT2D eigenvalue weighted by Crippen LogP contribution is -2.30. The fraction of sp³-hybridized carbons (Fsp3) is 0. The summed E-state index contributed by atoms with van der Waals surface area (Å²) in [6.45, 7) is 0. The molecule has 3 rings (SSSR count). The van der Waals surface area contributed by atoms with Gasteiger partial charge in [0, 0.05) is 5.02 Å². The van der Waals surface area contributed by atoms with Crippen LogP contribution in [0.1, 0.15) is 10.4 Å². The van der Waals surface area contributed by atoms with Crippen LogP contribution in [0.2, 0.25) is 15.1 Å². The first-order valence-electron chi connectivity index (χ1n) is 6.59. The number of aromatic nitrogens is 4. The monoisotopic (exact) mass is 382 g/mol. The topological polar surface area (TPSA) is 84.7 Å². The maximum absolute atomic E-state index is 12.5. The fourth-order valence-electron chi connectivity index (χ4n) is 1.99. The molecule has 1 heterocycles. The van der Waals surface area contributed by atoms with Crippen molar-refractivity contribution in [3.8, 4) is 5.69 Å². The van der Waals surface area contributed by atoms with Crippen LogP contribution in [0.4, 0.5) is 5.69 Å². The number of nitrogens with zero attached hydrogens (tertiary/aromatic N) is 4. The largest absolute Gasteiger partial charge is 0.295 e. The first kappa shape index (κ1) is 16.5. The van der Waals surface area contributed by atoms with Crippen molar-refractivity contribution >= 4 is 46.4 Å². The quantitative estimate of drug-likeness (QED) is 0.675. The van der Waals surface area contributed by atoms with Gasteiger partial charge in [-0.1, -0.05) is 46.9 Å². The number of para-hydroxylation sites is 1. The van der Waals surface area contributed by atoms with Gasteiger partial charge in [-0.2, -0.15) is 4.68 Å². The van der Waals surface area contributed by atoms with E-state index in [0.717, 1.165) is 0 Å². The van der Waals surface area contributed by atoms with E-state index in [-0.39, 0.29) is 10.0 Å². The van der Waals surface area contributed by atoms with Gasteiger partial charge in [-0.15, -0.1) is 5.10 Å². The molecule has 0 fully saturated rings. The number of halogens is 3. The van der Waals surface area contributed by atoms with Crippen molar-refractivity contribution in [2.45, 2.75) is 0 Å². The first-order chi connectivity index (χ1) is 11.6. The molecule has 1 amide bonds. The molecule has 0 saturated carbocycles. The van der Waals surface area contributed by atoms with Crippen molar-refractivity contribution in [2.75, 3.05) is 5.43 Å². The Morgan fingerprint density at radius 2 is 1.79 bits per heavy atom. The molecule has 1 aromatic heterocycles. The molecule has 0 aliphatic rings. The van der Waals surface area contributed by atoms with Gasteiger partial charge in [0.2, 0.25) is 0 Å². The van der Waals surface area contributed by atoms with Gasteiger partial charge < -0.3 is 0 Å². The standard InChI is InChI=1S/C14H9Cl3N6O/c15-8-5-10(16)13(11(17)6-8)19-20-14(24)9-3-1-2-4-12(9)23-7-18-21-22-23/h1-7,19H,(H,20,24). The molecule has 7 nitrogen and oxygen atoms in total. The highest BCUT2D eigenvalue weighted by molar-refractivity contribution is 6.41. The molecule has 10 heteroatoms. The second-order valence-corrected chi connectivity index (χ2v) is 5.85. The highest BCUT2D eigenvalue weighted by Crippen LogP contribution is 2.33. The summed E-state index contributed by atoms with van der Waals surface area (Å²) in [5.74, 6) is -0.414. The molecule has 0 saturated heterocycles. The smallest absolute Gasteiger partial charge is 0.271 e. The van der Waals surface area contributed by atoms with Gasteiger partial charge in [0.1, 0.15) is 6.33 Å². The first-order valence-corrected chi connectivity index (χ1v) is 7.73. The maximum Gasteiger partial charge on any atom is 0.271 e. The Morgan fingerprint density at radius 1 is 1.08 bits per heavy atom. The van der Waals surface area contributed by atoms with E-state index in [1.165, 1.54) is 23.1 Å². The zero-order chi connectivity index (χ0) is 17.1. The Labute approximate surface area is 151 Å². The van der Waals surface area contributed by atoms with Gasteiger partial charge in [-0.3, -0.25) is 15.6 Å². The summed E-state index contributed by atoms with van der Waals surface area (Å²) in [7, 11) is 0. The Bertz CT molecular complexity index is 861. The van der Waals surface area contributed by atoms with E-state index in [0.29, 0.717) is 22.0 Å². The van der Waals surface area contributed by atoms with Crippen LogP contribution in [0.5, 0.6) is 0 Å². The lowest BCUT2D eigenvalue weighted by Gasteiger charge is -2.13. The summed E-state index contributed by atoms with van der Waals surface area (Å²) in [5.41, 5.74) is 6.46. The fourth-order valence-corrected chi connectivity index (χ4v) is 2.90. The van der Waals surface area contributed by atoms with Crippen LogP contribution in [0.15, 0.2) is 42.7 Å². The lowest BCUT2D eigenvalue weighted by molar-refractivity contribution is 0.0962. The lowest BCUT2D eigenvalue weighted by atomic mass is 10.1. The van der Waals surface area contributed by atoms with Crippen molar-refractivity contribution in [3.05, 3.63) is 63.4 Å². The van der Waals surface area contributed by atoms with Crippen LogP contribution in [0.25, 0.3) is 5.69 Å². The molecular formula is C14H9Cl3N6O. The predicted molar refractivity (Wildman–Crippen MR) is 91.7 cm³/mol. The van der Waals surface area contributed by atoms with Gasteiger partial charge in [-0.05, 0) is 34.7 Å². The van der Waals surface area contributed by atoms with Gasteiger partial charge >= 0.3 is 0 Å². The average molecular weight is 384 g/mol. The van der Waals surface area contributed by atoms with Gasteiger partial charge in [0.15, 0.2) is 0 Å². The number of nitrogens with one attached hydrogen (secondary N) is 2.